The quantitative estimate of drug-likeness (QED) is 0.283. The van der Waals surface area contributed by atoms with Gasteiger partial charge >= 0.3 is 0 Å². The van der Waals surface area contributed by atoms with E-state index < -0.39 is 0 Å². The van der Waals surface area contributed by atoms with E-state index in [2.05, 4.69) is 111 Å². The first-order valence-electron chi connectivity index (χ1n) is 11.8. The summed E-state index contributed by atoms with van der Waals surface area (Å²) in [5.41, 5.74) is 4.41. The Hall–Kier alpha value is -3.72. The first kappa shape index (κ1) is 19.9. The molecule has 3 nitrogen and oxygen atoms in total. The number of hydrogen-bond acceptors (Lipinski definition) is 2. The third-order valence-corrected chi connectivity index (χ3v) is 6.61. The van der Waals surface area contributed by atoms with Gasteiger partial charge in [0.15, 0.2) is 0 Å². The van der Waals surface area contributed by atoms with E-state index in [1.165, 1.54) is 32.4 Å². The molecular weight excluding hydrogens is 402 g/mol. The van der Waals surface area contributed by atoms with Crippen molar-refractivity contribution in [2.24, 2.45) is 0 Å². The van der Waals surface area contributed by atoms with Crippen LogP contribution in [0.4, 0.5) is 0 Å². The summed E-state index contributed by atoms with van der Waals surface area (Å²) < 4.78 is 2.38. The monoisotopic (exact) mass is 429 g/mol. The molecule has 0 fully saturated rings. The molecule has 0 spiro atoms. The van der Waals surface area contributed by atoms with E-state index in [-0.39, 0.29) is 12.0 Å². The molecule has 0 aliphatic carbocycles. The Balaban J connectivity index is 1.84. The fraction of sp³-hybridized carbons (Fsp3) is 0.200. The summed E-state index contributed by atoms with van der Waals surface area (Å²) in [6.45, 7) is 8.81. The molecule has 33 heavy (non-hydrogen) atoms. The van der Waals surface area contributed by atoms with Crippen LogP contribution in [0, 0.1) is 0 Å². The van der Waals surface area contributed by atoms with Crippen LogP contribution in [0.3, 0.4) is 0 Å². The van der Waals surface area contributed by atoms with Crippen LogP contribution < -0.4 is 0 Å². The Morgan fingerprint density at radius 1 is 0.667 bits per heavy atom. The summed E-state index contributed by atoms with van der Waals surface area (Å²) in [6.07, 6.45) is 0. The number of nitrogens with zero attached hydrogens (tertiary/aromatic N) is 3. The van der Waals surface area contributed by atoms with E-state index in [0.29, 0.717) is 0 Å². The second-order valence-electron chi connectivity index (χ2n) is 9.49. The van der Waals surface area contributed by atoms with Crippen molar-refractivity contribution in [3.8, 4) is 11.3 Å². The van der Waals surface area contributed by atoms with E-state index >= 15 is 0 Å². The van der Waals surface area contributed by atoms with Crippen LogP contribution in [0.25, 0.3) is 54.7 Å². The first-order chi connectivity index (χ1) is 16.0. The molecule has 0 aliphatic heterocycles. The lowest BCUT2D eigenvalue weighted by atomic mass is 9.99. The molecule has 4 aromatic carbocycles. The molecule has 0 saturated carbocycles. The Labute approximate surface area is 193 Å². The molecule has 0 N–H and O–H groups in total. The Morgan fingerprint density at radius 3 is 2.12 bits per heavy atom. The van der Waals surface area contributed by atoms with Gasteiger partial charge in [0.05, 0.1) is 16.6 Å². The van der Waals surface area contributed by atoms with Gasteiger partial charge in [0.1, 0.15) is 11.5 Å². The third-order valence-electron chi connectivity index (χ3n) is 6.61. The molecule has 0 amide bonds. The molecule has 6 rings (SSSR count). The topological polar surface area (TPSA) is 30.7 Å². The largest absolute Gasteiger partial charge is 0.323 e. The SMILES string of the molecule is CC(C)c1nc(-c2ccc3ccccc3c2)c2c3c4ccccc4ccc3n(C(C)C)c2n1. The minimum Gasteiger partial charge on any atom is -0.323 e. The predicted molar refractivity (Wildman–Crippen MR) is 140 cm³/mol. The molecule has 0 aliphatic rings. The number of hydrogen-bond donors (Lipinski definition) is 0. The maximum Gasteiger partial charge on any atom is 0.145 e. The van der Waals surface area contributed by atoms with Gasteiger partial charge in [-0.2, -0.15) is 0 Å². The van der Waals surface area contributed by atoms with Gasteiger partial charge in [-0.15, -0.1) is 0 Å². The lowest BCUT2D eigenvalue weighted by molar-refractivity contribution is 0.633. The number of benzene rings is 4. The second-order valence-corrected chi connectivity index (χ2v) is 9.49. The van der Waals surface area contributed by atoms with Crippen LogP contribution in [-0.2, 0) is 0 Å². The molecular formula is C30H27N3. The van der Waals surface area contributed by atoms with Crippen LogP contribution >= 0.6 is 0 Å². The van der Waals surface area contributed by atoms with E-state index in [1.54, 1.807) is 0 Å². The lowest BCUT2D eigenvalue weighted by Gasteiger charge is -2.13. The van der Waals surface area contributed by atoms with E-state index in [1.807, 2.05) is 0 Å². The molecule has 0 saturated heterocycles. The van der Waals surface area contributed by atoms with Crippen molar-refractivity contribution in [2.45, 2.75) is 39.7 Å². The van der Waals surface area contributed by atoms with Crippen LogP contribution in [0.1, 0.15) is 45.5 Å². The van der Waals surface area contributed by atoms with Gasteiger partial charge in [-0.1, -0.05) is 80.6 Å². The van der Waals surface area contributed by atoms with Crippen molar-refractivity contribution >= 4 is 43.5 Å². The Bertz CT molecular complexity index is 1670. The Kier molecular flexibility index (Phi) is 4.48. The fourth-order valence-corrected chi connectivity index (χ4v) is 5.03. The molecule has 0 radical (unpaired) electrons. The van der Waals surface area contributed by atoms with Crippen LogP contribution in [0.2, 0.25) is 0 Å². The van der Waals surface area contributed by atoms with E-state index in [0.717, 1.165) is 28.1 Å². The highest BCUT2D eigenvalue weighted by Crippen LogP contribution is 2.41. The van der Waals surface area contributed by atoms with Crippen LogP contribution in [-0.4, -0.2) is 14.5 Å². The zero-order chi connectivity index (χ0) is 22.7. The number of aromatic nitrogens is 3. The van der Waals surface area contributed by atoms with E-state index in [9.17, 15) is 0 Å². The molecule has 0 unspecified atom stereocenters. The third kappa shape index (κ3) is 3.03. The lowest BCUT2D eigenvalue weighted by Crippen LogP contribution is -2.05. The zero-order valence-electron chi connectivity index (χ0n) is 19.5. The van der Waals surface area contributed by atoms with Gasteiger partial charge in [0.25, 0.3) is 0 Å². The smallest absolute Gasteiger partial charge is 0.145 e. The normalized spacial score (nSPS) is 12.2. The minimum absolute atomic E-state index is 0.240. The molecule has 162 valence electrons. The highest BCUT2D eigenvalue weighted by molar-refractivity contribution is 6.23. The predicted octanol–water partition coefficient (Wildman–Crippen LogP) is 8.26. The maximum absolute atomic E-state index is 5.18. The van der Waals surface area contributed by atoms with Crippen molar-refractivity contribution in [2.75, 3.05) is 0 Å². The summed E-state index contributed by atoms with van der Waals surface area (Å²) in [5, 5.41) is 7.36. The molecule has 2 aromatic heterocycles. The maximum atomic E-state index is 5.18. The Morgan fingerprint density at radius 2 is 1.36 bits per heavy atom. The molecule has 0 atom stereocenters. The van der Waals surface area contributed by atoms with Crippen molar-refractivity contribution < 1.29 is 0 Å². The number of rotatable bonds is 3. The minimum atomic E-state index is 0.240. The average Bonchev–Trinajstić information content (AvgIpc) is 3.18. The van der Waals surface area contributed by atoms with Crippen LogP contribution in [0.15, 0.2) is 78.9 Å². The van der Waals surface area contributed by atoms with Gasteiger partial charge < -0.3 is 4.57 Å². The molecule has 0 bridgehead atoms. The first-order valence-corrected chi connectivity index (χ1v) is 11.8. The highest BCUT2D eigenvalue weighted by Gasteiger charge is 2.22. The fourth-order valence-electron chi connectivity index (χ4n) is 5.03. The standard InChI is InChI=1S/C30H27N3/c1-18(2)29-31-28(23-14-13-20-9-5-6-11-22(20)17-23)27-26-24-12-8-7-10-21(24)15-16-25(26)33(19(3)4)30(27)32-29/h5-19H,1-4H3. The van der Waals surface area contributed by atoms with Crippen molar-refractivity contribution in [1.29, 1.82) is 0 Å². The van der Waals surface area contributed by atoms with Crippen molar-refractivity contribution in [1.82, 2.24) is 14.5 Å². The van der Waals surface area contributed by atoms with Gasteiger partial charge in [0.2, 0.25) is 0 Å². The summed E-state index contributed by atoms with van der Waals surface area (Å²) in [5.74, 6) is 1.13. The average molecular weight is 430 g/mol. The summed E-state index contributed by atoms with van der Waals surface area (Å²) in [4.78, 5) is 10.3. The summed E-state index contributed by atoms with van der Waals surface area (Å²) in [6, 6.07) is 28.6. The molecule has 2 heterocycles. The molecule has 3 heteroatoms. The molecule has 6 aromatic rings. The van der Waals surface area contributed by atoms with E-state index in [4.69, 9.17) is 9.97 Å². The van der Waals surface area contributed by atoms with Gasteiger partial charge in [0, 0.05) is 22.9 Å². The van der Waals surface area contributed by atoms with Crippen molar-refractivity contribution in [3.63, 3.8) is 0 Å². The van der Waals surface area contributed by atoms with Crippen LogP contribution in [0.5, 0.6) is 0 Å². The van der Waals surface area contributed by atoms with Gasteiger partial charge in [-0.25, -0.2) is 9.97 Å². The zero-order valence-corrected chi connectivity index (χ0v) is 19.5. The number of fused-ring (bicyclic) bond motifs is 6. The second kappa shape index (κ2) is 7.41. The highest BCUT2D eigenvalue weighted by atomic mass is 15.1. The van der Waals surface area contributed by atoms with Gasteiger partial charge in [-0.05, 0) is 47.5 Å². The van der Waals surface area contributed by atoms with Crippen molar-refractivity contribution in [3.05, 3.63) is 84.7 Å². The summed E-state index contributed by atoms with van der Waals surface area (Å²) in [7, 11) is 0. The van der Waals surface area contributed by atoms with Gasteiger partial charge in [-0.3, -0.25) is 0 Å². The summed E-state index contributed by atoms with van der Waals surface area (Å²) >= 11 is 0.